The minimum absolute atomic E-state index is 0.558. The number of thioether (sulfide) groups is 1. The van der Waals surface area contributed by atoms with E-state index in [-0.39, 0.29) is 0 Å². The first-order valence-electron chi connectivity index (χ1n) is 12.4. The zero-order chi connectivity index (χ0) is 30.4. The van der Waals surface area contributed by atoms with Gasteiger partial charge in [-0.15, -0.1) is 11.8 Å². The number of hydrogen-bond donors (Lipinski definition) is 4. The molecule has 0 atom stereocenters. The van der Waals surface area contributed by atoms with Crippen LogP contribution in [0.15, 0.2) is 77.7 Å². The van der Waals surface area contributed by atoms with Gasteiger partial charge in [-0.05, 0) is 41.4 Å². The van der Waals surface area contributed by atoms with Crippen molar-refractivity contribution in [3.63, 3.8) is 0 Å². The highest BCUT2D eigenvalue weighted by Crippen LogP contribution is 2.41. The molecule has 2 aromatic rings. The summed E-state index contributed by atoms with van der Waals surface area (Å²) in [5, 5.41) is 32.1. The van der Waals surface area contributed by atoms with Crippen LogP contribution in [0.25, 0.3) is 5.57 Å². The van der Waals surface area contributed by atoms with E-state index in [2.05, 4.69) is 59.3 Å². The van der Waals surface area contributed by atoms with Crippen LogP contribution in [0.4, 0.5) is 0 Å². The Morgan fingerprint density at radius 2 is 1.34 bits per heavy atom. The average molecular weight is 603 g/mol. The van der Waals surface area contributed by atoms with E-state index in [4.69, 9.17) is 32.0 Å². The van der Waals surface area contributed by atoms with E-state index >= 15 is 0 Å². The molecule has 0 spiro atoms. The van der Waals surface area contributed by atoms with Crippen molar-refractivity contribution in [3.05, 3.63) is 94.6 Å². The fourth-order valence-electron chi connectivity index (χ4n) is 3.80. The highest BCUT2D eigenvalue weighted by Gasteiger charge is 2.19. The van der Waals surface area contributed by atoms with Crippen LogP contribution in [0, 0.1) is 0 Å². The number of likely N-dealkylation sites (N-methyl/N-ethyl adjacent to an activating group) is 1. The summed E-state index contributed by atoms with van der Waals surface area (Å²) in [5.41, 5.74) is 5.44. The molecule has 0 aromatic heterocycles. The molecule has 0 amide bonds. The molecule has 2 aliphatic rings. The Morgan fingerprint density at radius 1 is 0.805 bits per heavy atom. The molecule has 0 saturated carbocycles. The summed E-state index contributed by atoms with van der Waals surface area (Å²) < 4.78 is 0. The normalized spacial score (nSPS) is 16.0. The lowest BCUT2D eigenvalue weighted by Gasteiger charge is -2.31. The van der Waals surface area contributed by atoms with Gasteiger partial charge in [0.1, 0.15) is 0 Å². The number of carbonyl (C=O) groups is 4. The second-order valence-corrected chi connectivity index (χ2v) is 10.3. The summed E-state index contributed by atoms with van der Waals surface area (Å²) in [7, 11) is 2.20. The molecule has 4 N–H and O–H groups in total. The van der Waals surface area contributed by atoms with Crippen molar-refractivity contribution < 1.29 is 39.6 Å². The molecule has 1 saturated heterocycles. The van der Waals surface area contributed by atoms with Crippen LogP contribution in [0.1, 0.15) is 16.7 Å². The third-order valence-corrected chi connectivity index (χ3v) is 7.15. The molecule has 0 unspecified atom stereocenters. The van der Waals surface area contributed by atoms with Crippen molar-refractivity contribution in [2.24, 2.45) is 0 Å². The third-order valence-electron chi connectivity index (χ3n) is 5.81. The summed E-state index contributed by atoms with van der Waals surface area (Å²) in [6.45, 7) is 5.60. The van der Waals surface area contributed by atoms with Gasteiger partial charge in [0.25, 0.3) is 0 Å². The van der Waals surface area contributed by atoms with Gasteiger partial charge in [0.15, 0.2) is 0 Å². The Balaban J connectivity index is 0.000000304. The highest BCUT2D eigenvalue weighted by atomic mass is 35.5. The van der Waals surface area contributed by atoms with Gasteiger partial charge in [0, 0.05) is 72.7 Å². The number of nitrogens with zero attached hydrogens (tertiary/aromatic N) is 2. The monoisotopic (exact) mass is 602 g/mol. The molecule has 12 heteroatoms. The zero-order valence-electron chi connectivity index (χ0n) is 22.3. The maximum absolute atomic E-state index is 9.55. The van der Waals surface area contributed by atoms with E-state index in [0.29, 0.717) is 24.3 Å². The van der Waals surface area contributed by atoms with Crippen LogP contribution in [0.2, 0.25) is 5.02 Å². The van der Waals surface area contributed by atoms with E-state index in [1.54, 1.807) is 0 Å². The van der Waals surface area contributed by atoms with Gasteiger partial charge in [0.05, 0.1) is 0 Å². The zero-order valence-corrected chi connectivity index (χ0v) is 23.8. The van der Waals surface area contributed by atoms with Crippen molar-refractivity contribution in [3.8, 4) is 0 Å². The minimum Gasteiger partial charge on any atom is -0.478 e. The van der Waals surface area contributed by atoms with Crippen LogP contribution in [0.5, 0.6) is 0 Å². The predicted molar refractivity (Wildman–Crippen MR) is 157 cm³/mol. The Labute approximate surface area is 246 Å². The van der Waals surface area contributed by atoms with Crippen molar-refractivity contribution in [1.82, 2.24) is 9.80 Å². The van der Waals surface area contributed by atoms with Crippen LogP contribution in [-0.2, 0) is 24.9 Å². The standard InChI is InChI=1S/C21H23ClN2S.2C4H4O4/c1-23-10-12-24(13-11-23)9-8-19-18-5-3-2-4-16(18)15-25-21-14-17(22)6-7-20(19)21;2*5-3(6)1-2-4(7)8/h2-8,14H,9-13,15H2,1H3;2*1-2H,(H,5,6)(H,7,8)/b19-8-;2*2-1-. The van der Waals surface area contributed by atoms with Crippen LogP contribution in [-0.4, -0.2) is 93.9 Å². The smallest absolute Gasteiger partial charge is 0.328 e. The van der Waals surface area contributed by atoms with E-state index in [0.717, 1.165) is 43.5 Å². The van der Waals surface area contributed by atoms with Crippen molar-refractivity contribution in [1.29, 1.82) is 0 Å². The molecule has 0 radical (unpaired) electrons. The average Bonchev–Trinajstić information content (AvgIpc) is 3.07. The number of halogens is 1. The number of hydrogen-bond acceptors (Lipinski definition) is 7. The van der Waals surface area contributed by atoms with Crippen LogP contribution >= 0.6 is 23.4 Å². The first-order valence-corrected chi connectivity index (χ1v) is 13.7. The van der Waals surface area contributed by atoms with Crippen molar-refractivity contribution in [2.45, 2.75) is 10.6 Å². The summed E-state index contributed by atoms with van der Waals surface area (Å²) in [5.74, 6) is -4.03. The highest BCUT2D eigenvalue weighted by molar-refractivity contribution is 7.98. The first kappa shape index (κ1) is 33.3. The molecule has 2 aromatic carbocycles. The van der Waals surface area contributed by atoms with Gasteiger partial charge in [-0.2, -0.15) is 0 Å². The number of benzene rings is 2. The number of piperazine rings is 1. The molecule has 218 valence electrons. The Kier molecular flexibility index (Phi) is 13.8. The fourth-order valence-corrected chi connectivity index (χ4v) is 5.15. The SMILES string of the molecule is CN1CCN(C/C=C2/c3ccccc3CSc3cc(Cl)ccc32)CC1.O=C(O)/C=C\C(=O)O.O=C(O)/C=C\C(=O)O. The van der Waals surface area contributed by atoms with E-state index in [9.17, 15) is 19.2 Å². The molecule has 10 nitrogen and oxygen atoms in total. The van der Waals surface area contributed by atoms with Gasteiger partial charge in [-0.25, -0.2) is 19.2 Å². The summed E-state index contributed by atoms with van der Waals surface area (Å²) in [4.78, 5) is 44.4. The number of carboxylic acids is 4. The number of rotatable bonds is 6. The summed E-state index contributed by atoms with van der Waals surface area (Å²) in [6.07, 6.45) is 4.65. The minimum atomic E-state index is -1.26. The number of carboxylic acid groups (broad SMARTS) is 4. The van der Waals surface area contributed by atoms with Gasteiger partial charge in [-0.3, -0.25) is 4.90 Å². The Bertz CT molecular complexity index is 1270. The van der Waals surface area contributed by atoms with Gasteiger partial charge < -0.3 is 25.3 Å². The lowest BCUT2D eigenvalue weighted by atomic mass is 9.94. The number of fused-ring (bicyclic) bond motifs is 2. The predicted octanol–water partition coefficient (Wildman–Crippen LogP) is 4.05. The molecule has 41 heavy (non-hydrogen) atoms. The molecule has 2 heterocycles. The summed E-state index contributed by atoms with van der Waals surface area (Å²) in [6, 6.07) is 15.1. The van der Waals surface area contributed by atoms with Crippen molar-refractivity contribution >= 4 is 52.8 Å². The Hall–Kier alpha value is -3.90. The lowest BCUT2D eigenvalue weighted by molar-refractivity contribution is -0.134. The molecule has 2 aliphatic heterocycles. The molecule has 0 bridgehead atoms. The lowest BCUT2D eigenvalue weighted by Crippen LogP contribution is -2.44. The maximum Gasteiger partial charge on any atom is 0.328 e. The Morgan fingerprint density at radius 3 is 1.88 bits per heavy atom. The first-order chi connectivity index (χ1) is 19.5. The van der Waals surface area contributed by atoms with E-state index in [1.165, 1.54) is 27.2 Å². The van der Waals surface area contributed by atoms with Crippen LogP contribution in [0.3, 0.4) is 0 Å². The van der Waals surface area contributed by atoms with Gasteiger partial charge >= 0.3 is 23.9 Å². The molecule has 4 rings (SSSR count). The van der Waals surface area contributed by atoms with Gasteiger partial charge in [-0.1, -0.05) is 48.0 Å². The molecular weight excluding hydrogens is 572 g/mol. The summed E-state index contributed by atoms with van der Waals surface area (Å²) >= 11 is 8.14. The van der Waals surface area contributed by atoms with Crippen LogP contribution < -0.4 is 0 Å². The fraction of sp³-hybridized carbons (Fsp3) is 0.241. The quantitative estimate of drug-likeness (QED) is 0.354. The maximum atomic E-state index is 9.55. The topological polar surface area (TPSA) is 156 Å². The van der Waals surface area contributed by atoms with Crippen molar-refractivity contribution in [2.75, 3.05) is 39.8 Å². The third kappa shape index (κ3) is 12.4. The molecule has 1 fully saturated rings. The molecular formula is C29H31ClN2O8S. The number of aliphatic carboxylic acids is 4. The largest absolute Gasteiger partial charge is 0.478 e. The second-order valence-electron chi connectivity index (χ2n) is 8.83. The van der Waals surface area contributed by atoms with Gasteiger partial charge in [0.2, 0.25) is 0 Å². The van der Waals surface area contributed by atoms with E-state index in [1.807, 2.05) is 17.8 Å². The second kappa shape index (κ2) is 17.0. The van der Waals surface area contributed by atoms with E-state index < -0.39 is 23.9 Å². The molecule has 0 aliphatic carbocycles.